The first kappa shape index (κ1) is 50.6. The van der Waals surface area contributed by atoms with Crippen molar-refractivity contribution in [3.05, 3.63) is 60.8 Å². The summed E-state index contributed by atoms with van der Waals surface area (Å²) in [6.45, 7) is 3.04. The van der Waals surface area contributed by atoms with Gasteiger partial charge in [0.2, 0.25) is 0 Å². The number of rotatable bonds is 31. The SMILES string of the molecule is CC/C=C\C/C=C\C/C=C\CCCCCC(=O)OC(COC(=O)CCCCCCC/C=C\C/C=C\CCC)COP(=O)(O)OC1C(O)C(O)C(O)C(O)C1O. The van der Waals surface area contributed by atoms with Crippen LogP contribution in [0.5, 0.6) is 0 Å². The highest BCUT2D eigenvalue weighted by Crippen LogP contribution is 2.47. The molecule has 1 rings (SSSR count). The highest BCUT2D eigenvalue weighted by molar-refractivity contribution is 7.47. The molecule has 1 aliphatic carbocycles. The maximum atomic E-state index is 12.8. The van der Waals surface area contributed by atoms with E-state index in [1.165, 1.54) is 0 Å². The van der Waals surface area contributed by atoms with E-state index in [4.69, 9.17) is 18.5 Å². The molecule has 13 nitrogen and oxygen atoms in total. The van der Waals surface area contributed by atoms with Crippen LogP contribution >= 0.6 is 7.82 Å². The molecule has 1 fully saturated rings. The molecule has 0 saturated heterocycles. The van der Waals surface area contributed by atoms with E-state index >= 15 is 0 Å². The van der Waals surface area contributed by atoms with E-state index in [1.807, 2.05) is 0 Å². The molecule has 0 bridgehead atoms. The largest absolute Gasteiger partial charge is 0.472 e. The lowest BCUT2D eigenvalue weighted by Crippen LogP contribution is -2.64. The molecular formula is C41H69O13P. The highest BCUT2D eigenvalue weighted by atomic mass is 31.2. The van der Waals surface area contributed by atoms with Gasteiger partial charge in [0.05, 0.1) is 6.61 Å². The first-order valence-electron chi connectivity index (χ1n) is 20.1. The Morgan fingerprint density at radius 2 is 1.04 bits per heavy atom. The van der Waals surface area contributed by atoms with Crippen molar-refractivity contribution in [1.29, 1.82) is 0 Å². The van der Waals surface area contributed by atoms with E-state index in [2.05, 4.69) is 74.6 Å². The van der Waals surface area contributed by atoms with Gasteiger partial charge in [-0.1, -0.05) is 107 Å². The van der Waals surface area contributed by atoms with Crippen LogP contribution in [0.25, 0.3) is 0 Å². The fraction of sp³-hybridized carbons (Fsp3) is 0.707. The number of aliphatic hydroxyl groups excluding tert-OH is 5. The summed E-state index contributed by atoms with van der Waals surface area (Å²) < 4.78 is 33.3. The number of carbonyl (C=O) groups is 2. The molecule has 316 valence electrons. The first-order valence-corrected chi connectivity index (χ1v) is 21.6. The van der Waals surface area contributed by atoms with Gasteiger partial charge in [0, 0.05) is 12.8 Å². The quantitative estimate of drug-likeness (QED) is 0.0189. The predicted molar refractivity (Wildman–Crippen MR) is 212 cm³/mol. The molecule has 1 saturated carbocycles. The molecule has 0 heterocycles. The zero-order valence-electron chi connectivity index (χ0n) is 32.9. The number of unbranched alkanes of at least 4 members (excludes halogenated alkanes) is 9. The Morgan fingerprint density at radius 3 is 1.60 bits per heavy atom. The lowest BCUT2D eigenvalue weighted by molar-refractivity contribution is -0.220. The Labute approximate surface area is 328 Å². The lowest BCUT2D eigenvalue weighted by Gasteiger charge is -2.41. The third-order valence-corrected chi connectivity index (χ3v) is 9.81. The number of ether oxygens (including phenoxy) is 2. The molecule has 0 radical (unpaired) electrons. The minimum atomic E-state index is -5.12. The molecule has 1 aliphatic rings. The summed E-state index contributed by atoms with van der Waals surface area (Å²) in [4.78, 5) is 35.5. The molecule has 0 spiro atoms. The average molecular weight is 801 g/mol. The number of phosphoric acid groups is 1. The zero-order chi connectivity index (χ0) is 40.7. The van der Waals surface area contributed by atoms with Crippen LogP contribution in [0, 0.1) is 0 Å². The summed E-state index contributed by atoms with van der Waals surface area (Å²) in [7, 11) is -5.12. The maximum absolute atomic E-state index is 12.8. The van der Waals surface area contributed by atoms with Crippen LogP contribution in [0.1, 0.15) is 129 Å². The van der Waals surface area contributed by atoms with Crippen LogP contribution in [0.3, 0.4) is 0 Å². The maximum Gasteiger partial charge on any atom is 0.472 e. The van der Waals surface area contributed by atoms with Gasteiger partial charge in [-0.05, 0) is 70.6 Å². The van der Waals surface area contributed by atoms with Crippen molar-refractivity contribution in [3.8, 4) is 0 Å². The Kier molecular flexibility index (Phi) is 29.1. The van der Waals surface area contributed by atoms with Crippen molar-refractivity contribution >= 4 is 19.8 Å². The summed E-state index contributed by atoms with van der Waals surface area (Å²) in [5, 5.41) is 50.0. The van der Waals surface area contributed by atoms with E-state index in [1.54, 1.807) is 0 Å². The molecule has 6 atom stereocenters. The van der Waals surface area contributed by atoms with Gasteiger partial charge in [0.25, 0.3) is 0 Å². The Bertz CT molecular complexity index is 1200. The van der Waals surface area contributed by atoms with Gasteiger partial charge in [0.1, 0.15) is 43.2 Å². The summed E-state index contributed by atoms with van der Waals surface area (Å²) >= 11 is 0. The van der Waals surface area contributed by atoms with Crippen molar-refractivity contribution in [2.24, 2.45) is 0 Å². The van der Waals surface area contributed by atoms with E-state index in [-0.39, 0.29) is 12.8 Å². The molecule has 0 aromatic rings. The fourth-order valence-corrected chi connectivity index (χ4v) is 6.54. The zero-order valence-corrected chi connectivity index (χ0v) is 33.8. The number of hydrogen-bond acceptors (Lipinski definition) is 12. The van der Waals surface area contributed by atoms with E-state index in [0.717, 1.165) is 89.9 Å². The van der Waals surface area contributed by atoms with Gasteiger partial charge in [0.15, 0.2) is 6.10 Å². The summed E-state index contributed by atoms with van der Waals surface area (Å²) in [5.74, 6) is -1.16. The number of aliphatic hydroxyl groups is 5. The van der Waals surface area contributed by atoms with E-state index < -0.39 is 75.7 Å². The highest BCUT2D eigenvalue weighted by Gasteiger charge is 2.51. The van der Waals surface area contributed by atoms with Gasteiger partial charge >= 0.3 is 19.8 Å². The molecule has 55 heavy (non-hydrogen) atoms. The number of carbonyl (C=O) groups excluding carboxylic acids is 2. The van der Waals surface area contributed by atoms with Crippen molar-refractivity contribution in [1.82, 2.24) is 0 Å². The van der Waals surface area contributed by atoms with Gasteiger partial charge in [-0.15, -0.1) is 0 Å². The summed E-state index contributed by atoms with van der Waals surface area (Å²) in [5.41, 5.74) is 0. The molecule has 14 heteroatoms. The fourth-order valence-electron chi connectivity index (χ4n) is 5.57. The van der Waals surface area contributed by atoms with Crippen LogP contribution < -0.4 is 0 Å². The minimum Gasteiger partial charge on any atom is -0.462 e. The Morgan fingerprint density at radius 1 is 0.582 bits per heavy atom. The van der Waals surface area contributed by atoms with Crippen molar-refractivity contribution in [2.75, 3.05) is 13.2 Å². The molecule has 0 aromatic heterocycles. The van der Waals surface area contributed by atoms with Crippen LogP contribution in [0.2, 0.25) is 0 Å². The normalized spacial score (nSPS) is 23.7. The van der Waals surface area contributed by atoms with Crippen LogP contribution in [0.15, 0.2) is 60.8 Å². The van der Waals surface area contributed by atoms with Crippen LogP contribution in [0.4, 0.5) is 0 Å². The van der Waals surface area contributed by atoms with Crippen molar-refractivity contribution in [3.63, 3.8) is 0 Å². The second-order valence-electron chi connectivity index (χ2n) is 13.7. The number of allylic oxidation sites excluding steroid dienone is 10. The molecule has 6 unspecified atom stereocenters. The molecular weight excluding hydrogens is 731 g/mol. The summed E-state index contributed by atoms with van der Waals surface area (Å²) in [6, 6.07) is 0. The Balaban J connectivity index is 2.57. The monoisotopic (exact) mass is 800 g/mol. The van der Waals surface area contributed by atoms with Crippen molar-refractivity contribution in [2.45, 2.75) is 172 Å². The smallest absolute Gasteiger partial charge is 0.462 e. The van der Waals surface area contributed by atoms with Gasteiger partial charge in [-0.25, -0.2) is 4.57 Å². The third-order valence-electron chi connectivity index (χ3n) is 8.82. The standard InChI is InChI=1S/C41H69O13P/c1-3-5-7-9-11-13-15-17-19-21-23-25-27-29-34(42)51-31-33(32-52-55(49,50)54-41-39(47)37(45)36(44)38(46)40(41)48)53-35(43)30-28-26-24-22-20-18-16-14-12-10-8-6-4-2/h6-9,12-15,18,20,33,36-41,44-48H,3-5,10-11,16-17,19,21-32H2,1-2H3,(H,49,50)/b8-6-,9-7-,14-12-,15-13-,20-18-. The predicted octanol–water partition coefficient (Wildman–Crippen LogP) is 6.60. The third kappa shape index (κ3) is 24.7. The van der Waals surface area contributed by atoms with Crippen LogP contribution in [-0.4, -0.2) is 98.3 Å². The van der Waals surface area contributed by atoms with Gasteiger partial charge < -0.3 is 39.9 Å². The number of hydrogen-bond donors (Lipinski definition) is 6. The molecule has 0 aromatic carbocycles. The Hall–Kier alpha value is -2.45. The molecule has 6 N–H and O–H groups in total. The summed E-state index contributed by atoms with van der Waals surface area (Å²) in [6.07, 6.45) is 23.0. The topological polar surface area (TPSA) is 210 Å². The lowest BCUT2D eigenvalue weighted by atomic mass is 9.85. The molecule has 0 aliphatic heterocycles. The second-order valence-corrected chi connectivity index (χ2v) is 15.2. The second kappa shape index (κ2) is 31.6. The minimum absolute atomic E-state index is 0.0554. The van der Waals surface area contributed by atoms with E-state index in [9.17, 15) is 44.6 Å². The van der Waals surface area contributed by atoms with Crippen molar-refractivity contribution < 1.29 is 63.1 Å². The number of esters is 2. The van der Waals surface area contributed by atoms with Crippen LogP contribution in [-0.2, 0) is 32.7 Å². The van der Waals surface area contributed by atoms with E-state index in [0.29, 0.717) is 12.8 Å². The average Bonchev–Trinajstić information content (AvgIpc) is 3.16. The van der Waals surface area contributed by atoms with Gasteiger partial charge in [-0.3, -0.25) is 18.6 Å². The van der Waals surface area contributed by atoms with Gasteiger partial charge in [-0.2, -0.15) is 0 Å². The first-order chi connectivity index (χ1) is 26.4. The number of phosphoric ester groups is 1. The molecule has 0 amide bonds.